The highest BCUT2D eigenvalue weighted by Gasteiger charge is 2.31. The molecule has 0 bridgehead atoms. The fraction of sp³-hybridized carbons (Fsp3) is 0.368. The third-order valence-electron chi connectivity index (χ3n) is 5.18. The number of amides is 1. The van der Waals surface area contributed by atoms with Gasteiger partial charge in [-0.2, -0.15) is 4.31 Å². The predicted molar refractivity (Wildman–Crippen MR) is 115 cm³/mol. The minimum Gasteiger partial charge on any atom is -0.335 e. The number of sulfonamides is 1. The molecule has 0 spiro atoms. The van der Waals surface area contributed by atoms with Crippen molar-refractivity contribution in [3.63, 3.8) is 0 Å². The van der Waals surface area contributed by atoms with Crippen molar-refractivity contribution in [2.45, 2.75) is 25.3 Å². The molecular formula is C19H21N3O4S3. The average molecular weight is 452 g/mol. The van der Waals surface area contributed by atoms with Gasteiger partial charge in [0.1, 0.15) is 0 Å². The topological polar surface area (TPSA) is 79.7 Å². The van der Waals surface area contributed by atoms with Crippen LogP contribution in [0.1, 0.15) is 22.2 Å². The monoisotopic (exact) mass is 451 g/mol. The molecule has 0 unspecified atom stereocenters. The van der Waals surface area contributed by atoms with Gasteiger partial charge in [-0.3, -0.25) is 14.2 Å². The van der Waals surface area contributed by atoms with Crippen molar-refractivity contribution in [1.82, 2.24) is 13.8 Å². The SMILES string of the molecule is CCn1c(=O)sc2cc(S(=O)(=O)N3CCN(C(=O)c4sccc4C)CC3)ccc21. The summed E-state index contributed by atoms with van der Waals surface area (Å²) in [4.78, 5) is 27.2. The number of carbonyl (C=O) groups is 1. The summed E-state index contributed by atoms with van der Waals surface area (Å²) in [6, 6.07) is 6.75. The van der Waals surface area contributed by atoms with E-state index >= 15 is 0 Å². The van der Waals surface area contributed by atoms with Gasteiger partial charge in [0.15, 0.2) is 0 Å². The van der Waals surface area contributed by atoms with Gasteiger partial charge in [0.2, 0.25) is 10.0 Å². The van der Waals surface area contributed by atoms with E-state index in [1.807, 2.05) is 25.3 Å². The van der Waals surface area contributed by atoms with Gasteiger partial charge >= 0.3 is 4.87 Å². The maximum absolute atomic E-state index is 13.1. The van der Waals surface area contributed by atoms with E-state index in [0.717, 1.165) is 22.4 Å². The molecule has 0 radical (unpaired) electrons. The molecule has 1 aliphatic rings. The van der Waals surface area contributed by atoms with Crippen LogP contribution in [0.5, 0.6) is 0 Å². The predicted octanol–water partition coefficient (Wildman–Crippen LogP) is 2.60. The Morgan fingerprint density at radius 2 is 1.86 bits per heavy atom. The smallest absolute Gasteiger partial charge is 0.308 e. The third kappa shape index (κ3) is 3.54. The van der Waals surface area contributed by atoms with Crippen LogP contribution in [0.25, 0.3) is 10.2 Å². The second-order valence-corrected chi connectivity index (χ2v) is 10.7. The fourth-order valence-corrected chi connectivity index (χ4v) is 6.93. The van der Waals surface area contributed by atoms with Crippen molar-refractivity contribution in [3.05, 3.63) is 49.8 Å². The Hall–Kier alpha value is -2.01. The zero-order valence-corrected chi connectivity index (χ0v) is 18.6. The normalized spacial score (nSPS) is 15.9. The van der Waals surface area contributed by atoms with Crippen molar-refractivity contribution >= 4 is 48.8 Å². The summed E-state index contributed by atoms with van der Waals surface area (Å²) in [5.74, 6) is -0.0401. The highest BCUT2D eigenvalue weighted by molar-refractivity contribution is 7.89. The summed E-state index contributed by atoms with van der Waals surface area (Å²) in [5.41, 5.74) is 1.70. The Bertz CT molecular complexity index is 1230. The molecule has 1 amide bonds. The van der Waals surface area contributed by atoms with E-state index in [0.29, 0.717) is 29.2 Å². The van der Waals surface area contributed by atoms with Gasteiger partial charge in [-0.15, -0.1) is 11.3 Å². The van der Waals surface area contributed by atoms with E-state index < -0.39 is 10.0 Å². The number of piperazine rings is 1. The third-order valence-corrected chi connectivity index (χ3v) is 9.02. The number of carbonyl (C=O) groups excluding carboxylic acids is 1. The minimum atomic E-state index is -3.68. The number of hydrogen-bond acceptors (Lipinski definition) is 6. The van der Waals surface area contributed by atoms with Crippen LogP contribution in [0.2, 0.25) is 0 Å². The lowest BCUT2D eigenvalue weighted by Gasteiger charge is -2.34. The van der Waals surface area contributed by atoms with Crippen LogP contribution in [0, 0.1) is 6.92 Å². The summed E-state index contributed by atoms with van der Waals surface area (Å²) in [6.45, 7) is 5.56. The molecule has 1 fully saturated rings. The molecule has 0 N–H and O–H groups in total. The zero-order chi connectivity index (χ0) is 20.8. The van der Waals surface area contributed by atoms with Gasteiger partial charge in [0.05, 0.1) is 20.0 Å². The van der Waals surface area contributed by atoms with Gasteiger partial charge in [-0.25, -0.2) is 8.42 Å². The van der Waals surface area contributed by atoms with Crippen LogP contribution in [0.3, 0.4) is 0 Å². The van der Waals surface area contributed by atoms with Crippen molar-refractivity contribution in [2.24, 2.45) is 0 Å². The Morgan fingerprint density at radius 1 is 1.14 bits per heavy atom. The number of thiophene rings is 1. The Morgan fingerprint density at radius 3 is 2.48 bits per heavy atom. The van der Waals surface area contributed by atoms with Crippen LogP contribution in [0.15, 0.2) is 39.3 Å². The van der Waals surface area contributed by atoms with Gasteiger partial charge in [0, 0.05) is 32.7 Å². The quantitative estimate of drug-likeness (QED) is 0.611. The largest absolute Gasteiger partial charge is 0.335 e. The van der Waals surface area contributed by atoms with Gasteiger partial charge in [-0.05, 0) is 49.1 Å². The Kier molecular flexibility index (Phi) is 5.36. The number of hydrogen-bond donors (Lipinski definition) is 0. The molecule has 0 atom stereocenters. The molecule has 154 valence electrons. The second kappa shape index (κ2) is 7.67. The lowest BCUT2D eigenvalue weighted by molar-refractivity contribution is 0.0702. The molecule has 0 aliphatic carbocycles. The molecule has 3 heterocycles. The molecule has 1 aromatic carbocycles. The molecule has 4 rings (SSSR count). The minimum absolute atomic E-state index is 0.0401. The van der Waals surface area contributed by atoms with E-state index in [1.165, 1.54) is 15.6 Å². The van der Waals surface area contributed by atoms with E-state index in [2.05, 4.69) is 0 Å². The molecular weight excluding hydrogens is 430 g/mol. The summed E-state index contributed by atoms with van der Waals surface area (Å²) >= 11 is 2.47. The first-order chi connectivity index (χ1) is 13.8. The Balaban J connectivity index is 1.53. The van der Waals surface area contributed by atoms with Gasteiger partial charge < -0.3 is 4.90 Å². The number of benzene rings is 1. The van der Waals surface area contributed by atoms with Crippen molar-refractivity contribution < 1.29 is 13.2 Å². The van der Waals surface area contributed by atoms with Crippen LogP contribution in [-0.2, 0) is 16.6 Å². The van der Waals surface area contributed by atoms with Crippen LogP contribution in [-0.4, -0.2) is 54.3 Å². The number of aryl methyl sites for hydroxylation is 2. The first-order valence-electron chi connectivity index (χ1n) is 9.30. The van der Waals surface area contributed by atoms with E-state index in [-0.39, 0.29) is 28.8 Å². The van der Waals surface area contributed by atoms with Gasteiger partial charge in [-0.1, -0.05) is 11.3 Å². The first kappa shape index (κ1) is 20.3. The van der Waals surface area contributed by atoms with E-state index in [4.69, 9.17) is 0 Å². The molecule has 29 heavy (non-hydrogen) atoms. The molecule has 0 saturated carbocycles. The molecule has 7 nitrogen and oxygen atoms in total. The van der Waals surface area contributed by atoms with Crippen molar-refractivity contribution in [2.75, 3.05) is 26.2 Å². The molecule has 3 aromatic rings. The van der Waals surface area contributed by atoms with E-state index in [9.17, 15) is 18.0 Å². The number of fused-ring (bicyclic) bond motifs is 1. The lowest BCUT2D eigenvalue weighted by Crippen LogP contribution is -2.50. The zero-order valence-electron chi connectivity index (χ0n) is 16.1. The fourth-order valence-electron chi connectivity index (χ4n) is 3.52. The number of rotatable bonds is 4. The maximum atomic E-state index is 13.1. The molecule has 2 aromatic heterocycles. The summed E-state index contributed by atoms with van der Waals surface area (Å²) in [6.07, 6.45) is 0. The first-order valence-corrected chi connectivity index (χ1v) is 12.4. The van der Waals surface area contributed by atoms with E-state index in [1.54, 1.807) is 27.7 Å². The maximum Gasteiger partial charge on any atom is 0.308 e. The Labute approximate surface area is 176 Å². The highest BCUT2D eigenvalue weighted by Crippen LogP contribution is 2.25. The van der Waals surface area contributed by atoms with Crippen LogP contribution < -0.4 is 4.87 Å². The number of aromatic nitrogens is 1. The summed E-state index contributed by atoms with van der Waals surface area (Å²) < 4.78 is 29.9. The van der Waals surface area contributed by atoms with Gasteiger partial charge in [0.25, 0.3) is 5.91 Å². The van der Waals surface area contributed by atoms with Crippen LogP contribution in [0.4, 0.5) is 0 Å². The molecule has 1 aliphatic heterocycles. The number of nitrogens with zero attached hydrogens (tertiary/aromatic N) is 3. The lowest BCUT2D eigenvalue weighted by atomic mass is 10.2. The standard InChI is InChI=1S/C19H21N3O4S3/c1-3-22-15-5-4-14(12-16(15)28-19(22)24)29(25,26)21-9-7-20(8-10-21)18(23)17-13(2)6-11-27-17/h4-6,11-12H,3,7-10H2,1-2H3. The average Bonchev–Trinajstić information content (AvgIpc) is 3.28. The highest BCUT2D eigenvalue weighted by atomic mass is 32.2. The summed E-state index contributed by atoms with van der Waals surface area (Å²) in [7, 11) is -3.68. The number of thiazole rings is 1. The van der Waals surface area contributed by atoms with Crippen molar-refractivity contribution in [1.29, 1.82) is 0 Å². The molecule has 10 heteroatoms. The second-order valence-electron chi connectivity index (χ2n) is 6.87. The molecule has 1 saturated heterocycles. The summed E-state index contributed by atoms with van der Waals surface area (Å²) in [5, 5.41) is 1.89. The van der Waals surface area contributed by atoms with Crippen LogP contribution >= 0.6 is 22.7 Å². The van der Waals surface area contributed by atoms with Crippen molar-refractivity contribution in [3.8, 4) is 0 Å².